The van der Waals surface area contributed by atoms with E-state index in [4.69, 9.17) is 5.73 Å². The van der Waals surface area contributed by atoms with Crippen LogP contribution in [-0.4, -0.2) is 15.0 Å². The first kappa shape index (κ1) is 12.5. The predicted octanol–water partition coefficient (Wildman–Crippen LogP) is 2.17. The molecular formula is C14H18N4. The molecule has 4 nitrogen and oxygen atoms in total. The molecule has 0 bridgehead atoms. The molecule has 0 saturated heterocycles. The largest absolute Gasteiger partial charge is 0.384 e. The van der Waals surface area contributed by atoms with Gasteiger partial charge in [-0.3, -0.25) is 4.98 Å². The van der Waals surface area contributed by atoms with Crippen LogP contribution in [-0.2, 0) is 19.3 Å². The van der Waals surface area contributed by atoms with E-state index in [1.54, 1.807) is 0 Å². The zero-order valence-electron chi connectivity index (χ0n) is 10.8. The summed E-state index contributed by atoms with van der Waals surface area (Å²) < 4.78 is 0. The number of aryl methyl sites for hydroxylation is 2. The number of anilines is 1. The molecule has 2 heterocycles. The monoisotopic (exact) mass is 242 g/mol. The number of nitrogen functional groups attached to an aromatic ring is 1. The number of pyridine rings is 1. The maximum atomic E-state index is 5.76. The van der Waals surface area contributed by atoms with Crippen LogP contribution in [0.3, 0.4) is 0 Å². The Morgan fingerprint density at radius 2 is 1.89 bits per heavy atom. The van der Waals surface area contributed by atoms with Crippen molar-refractivity contribution in [3.8, 4) is 0 Å². The van der Waals surface area contributed by atoms with Crippen LogP contribution in [0, 0.1) is 0 Å². The number of nitrogens with zero attached hydrogens (tertiary/aromatic N) is 3. The Morgan fingerprint density at radius 1 is 1.06 bits per heavy atom. The lowest BCUT2D eigenvalue weighted by Crippen LogP contribution is -2.04. The molecule has 0 aliphatic rings. The molecule has 0 aliphatic heterocycles. The molecule has 0 amide bonds. The van der Waals surface area contributed by atoms with Gasteiger partial charge in [0.15, 0.2) is 0 Å². The molecule has 2 aromatic rings. The highest BCUT2D eigenvalue weighted by molar-refractivity contribution is 5.31. The van der Waals surface area contributed by atoms with E-state index in [0.717, 1.165) is 30.1 Å². The standard InChI is InChI=1S/C14H18N4/c1-3-10-5-6-11(16-9-10)7-12-8-13(15)18-14(4-2)17-12/h5-6,8-9H,3-4,7H2,1-2H3,(H2,15,17,18). The molecule has 0 saturated carbocycles. The molecule has 0 radical (unpaired) electrons. The van der Waals surface area contributed by atoms with Crippen molar-refractivity contribution in [2.75, 3.05) is 5.73 Å². The average molecular weight is 242 g/mol. The molecule has 4 heteroatoms. The van der Waals surface area contributed by atoms with E-state index < -0.39 is 0 Å². The minimum Gasteiger partial charge on any atom is -0.384 e. The molecule has 0 aromatic carbocycles. The molecule has 0 unspecified atom stereocenters. The second kappa shape index (κ2) is 5.58. The van der Waals surface area contributed by atoms with Crippen LogP contribution in [0.2, 0.25) is 0 Å². The van der Waals surface area contributed by atoms with E-state index in [9.17, 15) is 0 Å². The van der Waals surface area contributed by atoms with E-state index in [1.165, 1.54) is 5.56 Å². The van der Waals surface area contributed by atoms with Gasteiger partial charge in [0.1, 0.15) is 11.6 Å². The molecule has 2 N–H and O–H groups in total. The lowest BCUT2D eigenvalue weighted by Gasteiger charge is -2.05. The van der Waals surface area contributed by atoms with Crippen molar-refractivity contribution in [2.24, 2.45) is 0 Å². The average Bonchev–Trinajstić information content (AvgIpc) is 2.39. The molecule has 94 valence electrons. The molecule has 0 aliphatic carbocycles. The van der Waals surface area contributed by atoms with Crippen molar-refractivity contribution < 1.29 is 0 Å². The third kappa shape index (κ3) is 3.03. The summed E-state index contributed by atoms with van der Waals surface area (Å²) in [7, 11) is 0. The van der Waals surface area contributed by atoms with Crippen molar-refractivity contribution >= 4 is 5.82 Å². The molecule has 2 aromatic heterocycles. The van der Waals surface area contributed by atoms with Crippen molar-refractivity contribution in [1.82, 2.24) is 15.0 Å². The number of nitrogens with two attached hydrogens (primary N) is 1. The fourth-order valence-corrected chi connectivity index (χ4v) is 1.78. The van der Waals surface area contributed by atoms with E-state index in [1.807, 2.05) is 25.3 Å². The SMILES string of the molecule is CCc1ccc(Cc2cc(N)nc(CC)n2)nc1. The fraction of sp³-hybridized carbons (Fsp3) is 0.357. The normalized spacial score (nSPS) is 10.6. The zero-order valence-corrected chi connectivity index (χ0v) is 10.8. The maximum Gasteiger partial charge on any atom is 0.130 e. The van der Waals surface area contributed by atoms with Gasteiger partial charge in [-0.05, 0) is 18.1 Å². The van der Waals surface area contributed by atoms with Gasteiger partial charge in [0.2, 0.25) is 0 Å². The quantitative estimate of drug-likeness (QED) is 0.892. The minimum absolute atomic E-state index is 0.530. The highest BCUT2D eigenvalue weighted by Crippen LogP contribution is 2.09. The Hall–Kier alpha value is -1.97. The molecule has 18 heavy (non-hydrogen) atoms. The van der Waals surface area contributed by atoms with Gasteiger partial charge in [0.25, 0.3) is 0 Å². The van der Waals surface area contributed by atoms with Gasteiger partial charge in [-0.2, -0.15) is 0 Å². The highest BCUT2D eigenvalue weighted by Gasteiger charge is 2.03. The van der Waals surface area contributed by atoms with E-state index in [0.29, 0.717) is 12.2 Å². The van der Waals surface area contributed by atoms with Gasteiger partial charge >= 0.3 is 0 Å². The Labute approximate surface area is 107 Å². The Bertz CT molecular complexity index is 520. The van der Waals surface area contributed by atoms with Gasteiger partial charge in [0.05, 0.1) is 5.69 Å². The Morgan fingerprint density at radius 3 is 2.50 bits per heavy atom. The van der Waals surface area contributed by atoms with Gasteiger partial charge in [-0.15, -0.1) is 0 Å². The summed E-state index contributed by atoms with van der Waals surface area (Å²) in [5, 5.41) is 0. The van der Waals surface area contributed by atoms with E-state index in [2.05, 4.69) is 27.9 Å². The highest BCUT2D eigenvalue weighted by atomic mass is 14.9. The van der Waals surface area contributed by atoms with Crippen LogP contribution < -0.4 is 5.73 Å². The molecule has 2 rings (SSSR count). The molecule has 0 atom stereocenters. The van der Waals surface area contributed by atoms with Gasteiger partial charge in [0, 0.05) is 30.8 Å². The van der Waals surface area contributed by atoms with Gasteiger partial charge in [-0.25, -0.2) is 9.97 Å². The van der Waals surface area contributed by atoms with Gasteiger partial charge < -0.3 is 5.73 Å². The zero-order chi connectivity index (χ0) is 13.0. The predicted molar refractivity (Wildman–Crippen MR) is 72.2 cm³/mol. The van der Waals surface area contributed by atoms with Crippen molar-refractivity contribution in [3.05, 3.63) is 47.2 Å². The summed E-state index contributed by atoms with van der Waals surface area (Å²) in [5.41, 5.74) is 8.94. The van der Waals surface area contributed by atoms with Crippen LogP contribution in [0.25, 0.3) is 0 Å². The maximum absolute atomic E-state index is 5.76. The second-order valence-corrected chi connectivity index (χ2v) is 4.24. The van der Waals surface area contributed by atoms with Crippen LogP contribution in [0.5, 0.6) is 0 Å². The van der Waals surface area contributed by atoms with Crippen LogP contribution in [0.15, 0.2) is 24.4 Å². The third-order valence-corrected chi connectivity index (χ3v) is 2.82. The first-order valence-electron chi connectivity index (χ1n) is 6.27. The first-order chi connectivity index (χ1) is 8.71. The lowest BCUT2D eigenvalue weighted by atomic mass is 10.1. The molecule has 0 fully saturated rings. The first-order valence-corrected chi connectivity index (χ1v) is 6.27. The smallest absolute Gasteiger partial charge is 0.130 e. The number of aromatic nitrogens is 3. The lowest BCUT2D eigenvalue weighted by molar-refractivity contribution is 0.891. The summed E-state index contributed by atoms with van der Waals surface area (Å²) in [6.07, 6.45) is 4.41. The number of hydrogen-bond donors (Lipinski definition) is 1. The Kier molecular flexibility index (Phi) is 3.87. The van der Waals surface area contributed by atoms with Gasteiger partial charge in [-0.1, -0.05) is 19.9 Å². The van der Waals surface area contributed by atoms with Crippen LogP contribution in [0.4, 0.5) is 5.82 Å². The Balaban J connectivity index is 2.19. The topological polar surface area (TPSA) is 64.7 Å². The third-order valence-electron chi connectivity index (χ3n) is 2.82. The molecular weight excluding hydrogens is 224 g/mol. The summed E-state index contributed by atoms with van der Waals surface area (Å²) >= 11 is 0. The minimum atomic E-state index is 0.530. The summed E-state index contributed by atoms with van der Waals surface area (Å²) in [6, 6.07) is 5.96. The second-order valence-electron chi connectivity index (χ2n) is 4.24. The van der Waals surface area contributed by atoms with Crippen LogP contribution >= 0.6 is 0 Å². The molecule has 0 spiro atoms. The summed E-state index contributed by atoms with van der Waals surface area (Å²) in [5.74, 6) is 1.32. The van der Waals surface area contributed by atoms with Crippen LogP contribution in [0.1, 0.15) is 36.6 Å². The number of hydrogen-bond acceptors (Lipinski definition) is 4. The van der Waals surface area contributed by atoms with Crippen molar-refractivity contribution in [1.29, 1.82) is 0 Å². The van der Waals surface area contributed by atoms with Crippen molar-refractivity contribution in [3.63, 3.8) is 0 Å². The number of rotatable bonds is 4. The van der Waals surface area contributed by atoms with E-state index in [-0.39, 0.29) is 0 Å². The summed E-state index contributed by atoms with van der Waals surface area (Å²) in [4.78, 5) is 13.1. The fourth-order valence-electron chi connectivity index (χ4n) is 1.78. The van der Waals surface area contributed by atoms with E-state index >= 15 is 0 Å². The van der Waals surface area contributed by atoms with Crippen molar-refractivity contribution in [2.45, 2.75) is 33.1 Å². The summed E-state index contributed by atoms with van der Waals surface area (Å²) in [6.45, 7) is 4.14.